The first kappa shape index (κ1) is 25.4. The first-order chi connectivity index (χ1) is 16.6. The summed E-state index contributed by atoms with van der Waals surface area (Å²) in [6.07, 6.45) is 4.21. The molecule has 5 rings (SSSR count). The number of ether oxygens (including phenoxy) is 1. The van der Waals surface area contributed by atoms with Gasteiger partial charge in [0.05, 0.1) is 5.25 Å². The predicted molar refractivity (Wildman–Crippen MR) is 134 cm³/mol. The number of piperidine rings is 1. The summed E-state index contributed by atoms with van der Waals surface area (Å²) in [6, 6.07) is 7.97. The fraction of sp³-hybridized carbons (Fsp3) is 0.778. The number of anilines is 1. The Balaban J connectivity index is 1.34. The Morgan fingerprint density at radius 2 is 1.74 bits per heavy atom. The lowest BCUT2D eigenvalue weighted by atomic mass is 9.77. The Morgan fingerprint density at radius 1 is 1.09 bits per heavy atom. The van der Waals surface area contributed by atoms with Gasteiger partial charge in [-0.3, -0.25) is 9.62 Å². The lowest BCUT2D eigenvalue weighted by Gasteiger charge is -2.50. The Bertz CT molecular complexity index is 1020. The molecule has 1 N–H and O–H groups in total. The fourth-order valence-corrected chi connectivity index (χ4v) is 8.90. The monoisotopic (exact) mass is 510 g/mol. The minimum Gasteiger partial charge on any atom is -0.360 e. The third-order valence-corrected chi connectivity index (χ3v) is 11.4. The highest BCUT2D eigenvalue weighted by molar-refractivity contribution is 7.93. The number of fused-ring (bicyclic) bond motifs is 1. The molecular formula is C27H40F2N2O3S. The van der Waals surface area contributed by atoms with Gasteiger partial charge in [0.25, 0.3) is 0 Å². The normalized spacial score (nSPS) is 32.7. The van der Waals surface area contributed by atoms with E-state index in [9.17, 15) is 17.2 Å². The van der Waals surface area contributed by atoms with E-state index in [0.717, 1.165) is 38.8 Å². The largest absolute Gasteiger partial charge is 0.360 e. The maximum Gasteiger partial charge on any atom is 0.248 e. The SMILES string of the molecule is CCOC(CC)(C1CCC(F)(F)CC1)N1C[C@@H]2[C@H](C1)[C@@]2(CC)c1cccc(NS(=O)(=O)C2CC2)c1. The topological polar surface area (TPSA) is 58.6 Å². The van der Waals surface area contributed by atoms with Crippen LogP contribution >= 0.6 is 0 Å². The number of hydrogen-bond donors (Lipinski definition) is 1. The molecule has 196 valence electrons. The lowest BCUT2D eigenvalue weighted by molar-refractivity contribution is -0.206. The number of benzene rings is 1. The van der Waals surface area contributed by atoms with Crippen LogP contribution in [-0.2, 0) is 20.2 Å². The molecule has 5 nitrogen and oxygen atoms in total. The number of alkyl halides is 2. The molecule has 3 aliphatic carbocycles. The van der Waals surface area contributed by atoms with Crippen molar-refractivity contribution in [1.82, 2.24) is 4.90 Å². The van der Waals surface area contributed by atoms with Gasteiger partial charge >= 0.3 is 0 Å². The molecule has 1 heterocycles. The van der Waals surface area contributed by atoms with E-state index in [0.29, 0.717) is 37.0 Å². The van der Waals surface area contributed by atoms with E-state index >= 15 is 0 Å². The zero-order valence-corrected chi connectivity index (χ0v) is 22.0. The van der Waals surface area contributed by atoms with Gasteiger partial charge in [-0.2, -0.15) is 0 Å². The smallest absolute Gasteiger partial charge is 0.248 e. The van der Waals surface area contributed by atoms with Crippen molar-refractivity contribution in [3.05, 3.63) is 29.8 Å². The summed E-state index contributed by atoms with van der Waals surface area (Å²) in [5.41, 5.74) is 1.44. The molecule has 4 atom stereocenters. The summed E-state index contributed by atoms with van der Waals surface area (Å²) in [5.74, 6) is -1.47. The van der Waals surface area contributed by atoms with Crippen LogP contribution < -0.4 is 4.72 Å². The van der Waals surface area contributed by atoms with Crippen LogP contribution in [0.1, 0.15) is 77.7 Å². The van der Waals surface area contributed by atoms with Crippen LogP contribution in [0, 0.1) is 17.8 Å². The van der Waals surface area contributed by atoms with E-state index in [1.807, 2.05) is 25.1 Å². The molecule has 1 saturated heterocycles. The molecule has 0 spiro atoms. The van der Waals surface area contributed by atoms with Gasteiger partial charge in [-0.1, -0.05) is 26.0 Å². The summed E-state index contributed by atoms with van der Waals surface area (Å²) < 4.78 is 62.0. The number of rotatable bonds is 10. The van der Waals surface area contributed by atoms with E-state index < -0.39 is 21.7 Å². The fourth-order valence-electron chi connectivity index (χ4n) is 7.52. The van der Waals surface area contributed by atoms with Crippen molar-refractivity contribution in [2.24, 2.45) is 17.8 Å². The number of sulfonamides is 1. The van der Waals surface area contributed by atoms with Crippen molar-refractivity contribution in [1.29, 1.82) is 0 Å². The molecule has 1 unspecified atom stereocenters. The third kappa shape index (κ3) is 4.31. The van der Waals surface area contributed by atoms with E-state index in [1.54, 1.807) is 0 Å². The molecule has 0 radical (unpaired) electrons. The van der Waals surface area contributed by atoms with E-state index in [1.165, 1.54) is 5.56 Å². The summed E-state index contributed by atoms with van der Waals surface area (Å²) in [4.78, 5) is 2.47. The Kier molecular flexibility index (Phi) is 6.49. The summed E-state index contributed by atoms with van der Waals surface area (Å²) >= 11 is 0. The molecule has 3 saturated carbocycles. The molecule has 35 heavy (non-hydrogen) atoms. The summed E-state index contributed by atoms with van der Waals surface area (Å²) in [5, 5.41) is -0.249. The second-order valence-electron chi connectivity index (χ2n) is 11.2. The standard InChI is InChI=1S/C27H40F2N2O3S/c1-4-26(20-8-7-9-21(16-20)30-35(32,33)22-10-11-22)23-17-31(18-24(23)26)27(5-2,34-6-3)19-12-14-25(28,29)15-13-19/h7-9,16,19,22-24,30H,4-6,10-15,17-18H2,1-3H3/t23-,24+,26+,27?. The predicted octanol–water partition coefficient (Wildman–Crippen LogP) is 5.77. The number of hydrogen-bond acceptors (Lipinski definition) is 4. The van der Waals surface area contributed by atoms with Gasteiger partial charge in [-0.05, 0) is 75.0 Å². The van der Waals surface area contributed by atoms with Gasteiger partial charge in [-0.25, -0.2) is 17.2 Å². The number of nitrogens with zero attached hydrogens (tertiary/aromatic N) is 1. The van der Waals surface area contributed by atoms with Crippen LogP contribution in [0.4, 0.5) is 14.5 Å². The van der Waals surface area contributed by atoms with Crippen LogP contribution in [0.5, 0.6) is 0 Å². The molecule has 8 heteroatoms. The average molecular weight is 511 g/mol. The molecule has 0 aromatic heterocycles. The quantitative estimate of drug-likeness (QED) is 0.434. The van der Waals surface area contributed by atoms with Gasteiger partial charge in [0.15, 0.2) is 0 Å². The highest BCUT2D eigenvalue weighted by atomic mass is 32.2. The molecule has 1 aromatic rings. The third-order valence-electron chi connectivity index (χ3n) is 9.53. The second kappa shape index (κ2) is 8.95. The van der Waals surface area contributed by atoms with Crippen LogP contribution in [0.25, 0.3) is 0 Å². The molecule has 0 amide bonds. The van der Waals surface area contributed by atoms with Crippen molar-refractivity contribution >= 4 is 15.7 Å². The molecular weight excluding hydrogens is 470 g/mol. The van der Waals surface area contributed by atoms with E-state index in [2.05, 4.69) is 29.5 Å². The van der Waals surface area contributed by atoms with Crippen molar-refractivity contribution in [3.8, 4) is 0 Å². The first-order valence-electron chi connectivity index (χ1n) is 13.5. The van der Waals surface area contributed by atoms with Crippen molar-refractivity contribution in [2.45, 2.75) is 94.5 Å². The number of likely N-dealkylation sites (tertiary alicyclic amines) is 1. The van der Waals surface area contributed by atoms with Crippen LogP contribution in [0.15, 0.2) is 24.3 Å². The Morgan fingerprint density at radius 3 is 2.29 bits per heavy atom. The van der Waals surface area contributed by atoms with E-state index in [4.69, 9.17) is 4.74 Å². The molecule has 4 fully saturated rings. The van der Waals surface area contributed by atoms with Gasteiger partial charge in [-0.15, -0.1) is 0 Å². The van der Waals surface area contributed by atoms with Crippen molar-refractivity contribution < 1.29 is 21.9 Å². The van der Waals surface area contributed by atoms with Crippen molar-refractivity contribution in [3.63, 3.8) is 0 Å². The molecule has 1 aliphatic heterocycles. The Hall–Kier alpha value is -1.25. The van der Waals surface area contributed by atoms with E-state index in [-0.39, 0.29) is 29.4 Å². The summed E-state index contributed by atoms with van der Waals surface area (Å²) in [7, 11) is -3.29. The maximum absolute atomic E-state index is 13.9. The van der Waals surface area contributed by atoms with Gasteiger partial charge < -0.3 is 4.74 Å². The Labute approximate surface area is 209 Å². The maximum atomic E-state index is 13.9. The van der Waals surface area contributed by atoms with Crippen LogP contribution in [-0.4, -0.2) is 49.9 Å². The van der Waals surface area contributed by atoms with Gasteiger partial charge in [0, 0.05) is 49.6 Å². The molecule has 1 aromatic carbocycles. The lowest BCUT2D eigenvalue weighted by Crippen LogP contribution is -2.57. The van der Waals surface area contributed by atoms with Crippen molar-refractivity contribution in [2.75, 3.05) is 24.4 Å². The first-order valence-corrected chi connectivity index (χ1v) is 15.1. The average Bonchev–Trinajstić information content (AvgIpc) is 3.73. The molecule has 4 aliphatic rings. The number of nitrogens with one attached hydrogen (secondary N) is 1. The van der Waals surface area contributed by atoms with Crippen LogP contribution in [0.2, 0.25) is 0 Å². The minimum atomic E-state index is -3.29. The van der Waals surface area contributed by atoms with Gasteiger partial charge in [0.2, 0.25) is 15.9 Å². The highest BCUT2D eigenvalue weighted by Crippen LogP contribution is 2.67. The van der Waals surface area contributed by atoms with Gasteiger partial charge in [0.1, 0.15) is 5.72 Å². The zero-order valence-electron chi connectivity index (χ0n) is 21.2. The molecule has 0 bridgehead atoms. The van der Waals surface area contributed by atoms with Crippen LogP contribution in [0.3, 0.4) is 0 Å². The highest BCUT2D eigenvalue weighted by Gasteiger charge is 2.69. The number of halogens is 2. The summed E-state index contributed by atoms with van der Waals surface area (Å²) in [6.45, 7) is 8.74. The second-order valence-corrected chi connectivity index (χ2v) is 13.2. The zero-order chi connectivity index (χ0) is 25.1. The minimum absolute atomic E-state index is 0.0445.